The van der Waals surface area contributed by atoms with Crippen LogP contribution in [0.1, 0.15) is 51.3 Å². The number of esters is 1. The van der Waals surface area contributed by atoms with E-state index in [1.165, 1.54) is 6.92 Å². The molecule has 0 saturated carbocycles. The Labute approximate surface area is 172 Å². The highest BCUT2D eigenvalue weighted by Gasteiger charge is 2.20. The third-order valence-electron chi connectivity index (χ3n) is 4.13. The van der Waals surface area contributed by atoms with Gasteiger partial charge in [-0.1, -0.05) is 12.1 Å². The zero-order valence-electron chi connectivity index (χ0n) is 17.9. The molecular weight excluding hydrogens is 372 g/mol. The lowest BCUT2D eigenvalue weighted by Crippen LogP contribution is -2.23. The molecule has 6 nitrogen and oxygen atoms in total. The monoisotopic (exact) mass is 402 g/mol. The van der Waals surface area contributed by atoms with E-state index in [0.29, 0.717) is 41.4 Å². The van der Waals surface area contributed by atoms with Crippen molar-refractivity contribution in [1.29, 1.82) is 0 Å². The number of rotatable bonds is 8. The van der Waals surface area contributed by atoms with Crippen LogP contribution in [0.4, 0.5) is 0 Å². The van der Waals surface area contributed by atoms with Gasteiger partial charge in [0, 0.05) is 6.92 Å². The molecular formula is C23H30O6. The van der Waals surface area contributed by atoms with E-state index in [0.717, 1.165) is 5.56 Å². The van der Waals surface area contributed by atoms with E-state index < -0.39 is 17.7 Å². The summed E-state index contributed by atoms with van der Waals surface area (Å²) in [7, 11) is 3.16. The van der Waals surface area contributed by atoms with Crippen molar-refractivity contribution in [3.05, 3.63) is 47.5 Å². The summed E-state index contributed by atoms with van der Waals surface area (Å²) in [6.07, 6.45) is 0.374. The lowest BCUT2D eigenvalue weighted by atomic mass is 10.0. The number of benzene rings is 2. The molecule has 1 atom stereocenters. The van der Waals surface area contributed by atoms with Crippen molar-refractivity contribution in [2.24, 2.45) is 0 Å². The quantitative estimate of drug-likeness (QED) is 0.519. The molecule has 0 aliphatic heterocycles. The predicted molar refractivity (Wildman–Crippen MR) is 111 cm³/mol. The van der Waals surface area contributed by atoms with E-state index in [1.54, 1.807) is 38.5 Å². The molecule has 2 rings (SSSR count). The Kier molecular flexibility index (Phi) is 7.51. The van der Waals surface area contributed by atoms with E-state index in [4.69, 9.17) is 18.9 Å². The number of methoxy groups -OCH3 is 2. The molecule has 2 aromatic carbocycles. The molecule has 0 unspecified atom stereocenters. The number of carbonyl (C=O) groups is 1. The Hall–Kier alpha value is -2.73. The first-order chi connectivity index (χ1) is 13.6. The number of hydrogen-bond acceptors (Lipinski definition) is 6. The van der Waals surface area contributed by atoms with Gasteiger partial charge in [-0.05, 0) is 69.0 Å². The van der Waals surface area contributed by atoms with Crippen molar-refractivity contribution in [3.8, 4) is 23.0 Å². The van der Waals surface area contributed by atoms with E-state index in [1.807, 2.05) is 32.9 Å². The fraction of sp³-hybridized carbons (Fsp3) is 0.435. The van der Waals surface area contributed by atoms with Crippen LogP contribution >= 0.6 is 0 Å². The number of aliphatic hydroxyl groups excluding tert-OH is 1. The first-order valence-electron chi connectivity index (χ1n) is 9.53. The maximum absolute atomic E-state index is 11.1. The second-order valence-corrected chi connectivity index (χ2v) is 7.76. The van der Waals surface area contributed by atoms with Gasteiger partial charge in [0.15, 0.2) is 11.5 Å². The molecule has 0 aliphatic carbocycles. The van der Waals surface area contributed by atoms with Crippen LogP contribution in [-0.2, 0) is 11.2 Å². The van der Waals surface area contributed by atoms with Gasteiger partial charge in [0.2, 0.25) is 5.75 Å². The Morgan fingerprint density at radius 3 is 2.34 bits per heavy atom. The molecule has 0 aromatic heterocycles. The summed E-state index contributed by atoms with van der Waals surface area (Å²) in [5.41, 5.74) is 1.25. The van der Waals surface area contributed by atoms with Crippen molar-refractivity contribution in [2.75, 3.05) is 14.2 Å². The van der Waals surface area contributed by atoms with Gasteiger partial charge in [0.1, 0.15) is 11.4 Å². The van der Waals surface area contributed by atoms with E-state index in [-0.39, 0.29) is 0 Å². The van der Waals surface area contributed by atoms with E-state index >= 15 is 0 Å². The summed E-state index contributed by atoms with van der Waals surface area (Å²) in [5, 5.41) is 10.6. The normalized spacial score (nSPS) is 12.2. The first-order valence-corrected chi connectivity index (χ1v) is 9.53. The number of carbonyl (C=O) groups excluding carboxylic acids is 1. The first kappa shape index (κ1) is 22.6. The van der Waals surface area contributed by atoms with Crippen molar-refractivity contribution in [3.63, 3.8) is 0 Å². The number of aryl methyl sites for hydroxylation is 1. The van der Waals surface area contributed by atoms with Crippen LogP contribution in [0, 0.1) is 0 Å². The molecule has 0 heterocycles. The molecule has 0 radical (unpaired) electrons. The van der Waals surface area contributed by atoms with Crippen LogP contribution in [-0.4, -0.2) is 30.9 Å². The number of aliphatic hydroxyl groups is 1. The summed E-state index contributed by atoms with van der Waals surface area (Å²) in [6, 6.07) is 10.7. The maximum atomic E-state index is 11.1. The largest absolute Gasteiger partial charge is 0.493 e. The molecule has 0 spiro atoms. The lowest BCUT2D eigenvalue weighted by molar-refractivity contribution is -0.131. The molecule has 0 amide bonds. The van der Waals surface area contributed by atoms with Gasteiger partial charge in [-0.3, -0.25) is 4.79 Å². The lowest BCUT2D eigenvalue weighted by Gasteiger charge is -2.24. The third-order valence-corrected chi connectivity index (χ3v) is 4.13. The summed E-state index contributed by atoms with van der Waals surface area (Å²) in [5.74, 6) is 1.74. The van der Waals surface area contributed by atoms with Gasteiger partial charge in [0.05, 0.1) is 20.3 Å². The summed E-state index contributed by atoms with van der Waals surface area (Å²) in [4.78, 5) is 11.1. The standard InChI is InChI=1S/C23H30O6/c1-15(24)28-18-9-7-8-17(14-18)19(25)11-10-16-12-20(26-5)22(27-6)21(13-16)29-23(2,3)4/h7-9,12-14,19,25H,10-11H2,1-6H3/t19-/m1/s1. The highest BCUT2D eigenvalue weighted by atomic mass is 16.5. The van der Waals surface area contributed by atoms with Crippen LogP contribution in [0.2, 0.25) is 0 Å². The van der Waals surface area contributed by atoms with Gasteiger partial charge in [0.25, 0.3) is 0 Å². The molecule has 29 heavy (non-hydrogen) atoms. The number of hydrogen-bond donors (Lipinski definition) is 1. The summed E-state index contributed by atoms with van der Waals surface area (Å²) >= 11 is 0. The Morgan fingerprint density at radius 1 is 1.07 bits per heavy atom. The van der Waals surface area contributed by atoms with Crippen LogP contribution in [0.3, 0.4) is 0 Å². The molecule has 0 fully saturated rings. The predicted octanol–water partition coefficient (Wildman–Crippen LogP) is 4.47. The average molecular weight is 402 g/mol. The Balaban J connectivity index is 2.19. The zero-order valence-corrected chi connectivity index (χ0v) is 17.9. The van der Waals surface area contributed by atoms with Crippen molar-refractivity contribution in [2.45, 2.75) is 52.2 Å². The molecule has 6 heteroatoms. The van der Waals surface area contributed by atoms with Crippen LogP contribution < -0.4 is 18.9 Å². The average Bonchev–Trinajstić information content (AvgIpc) is 2.64. The second kappa shape index (κ2) is 9.65. The van der Waals surface area contributed by atoms with Gasteiger partial charge >= 0.3 is 5.97 Å². The molecule has 2 aromatic rings. The third kappa shape index (κ3) is 6.68. The van der Waals surface area contributed by atoms with Gasteiger partial charge in [-0.2, -0.15) is 0 Å². The van der Waals surface area contributed by atoms with E-state index in [2.05, 4.69) is 0 Å². The number of ether oxygens (including phenoxy) is 4. The minimum atomic E-state index is -0.703. The topological polar surface area (TPSA) is 74.2 Å². The SMILES string of the molecule is COc1cc(CC[C@@H](O)c2cccc(OC(C)=O)c2)cc(OC(C)(C)C)c1OC. The van der Waals surface area contributed by atoms with Crippen molar-refractivity contribution in [1.82, 2.24) is 0 Å². The molecule has 0 saturated heterocycles. The van der Waals surface area contributed by atoms with Crippen molar-refractivity contribution >= 4 is 5.97 Å². The smallest absolute Gasteiger partial charge is 0.308 e. The molecule has 158 valence electrons. The second-order valence-electron chi connectivity index (χ2n) is 7.76. The zero-order chi connectivity index (χ0) is 21.6. The molecule has 0 aliphatic rings. The van der Waals surface area contributed by atoms with Crippen LogP contribution in [0.5, 0.6) is 23.0 Å². The van der Waals surface area contributed by atoms with Crippen LogP contribution in [0.15, 0.2) is 36.4 Å². The van der Waals surface area contributed by atoms with Gasteiger partial charge < -0.3 is 24.1 Å². The van der Waals surface area contributed by atoms with Gasteiger partial charge in [-0.25, -0.2) is 0 Å². The minimum Gasteiger partial charge on any atom is -0.493 e. The molecule has 1 N–H and O–H groups in total. The highest BCUT2D eigenvalue weighted by Crippen LogP contribution is 2.40. The summed E-state index contributed by atoms with van der Waals surface area (Å²) < 4.78 is 22.1. The molecule has 0 bridgehead atoms. The maximum Gasteiger partial charge on any atom is 0.308 e. The highest BCUT2D eigenvalue weighted by molar-refractivity contribution is 5.69. The fourth-order valence-corrected chi connectivity index (χ4v) is 2.96. The Morgan fingerprint density at radius 2 is 1.76 bits per heavy atom. The van der Waals surface area contributed by atoms with E-state index in [9.17, 15) is 9.90 Å². The Bertz CT molecular complexity index is 838. The minimum absolute atomic E-state index is 0.395. The van der Waals surface area contributed by atoms with Gasteiger partial charge in [-0.15, -0.1) is 0 Å². The van der Waals surface area contributed by atoms with Crippen molar-refractivity contribution < 1.29 is 28.8 Å². The summed E-state index contributed by atoms with van der Waals surface area (Å²) in [6.45, 7) is 7.24. The fourth-order valence-electron chi connectivity index (χ4n) is 2.96. The van der Waals surface area contributed by atoms with Crippen LogP contribution in [0.25, 0.3) is 0 Å².